The van der Waals surface area contributed by atoms with Crippen LogP contribution in [0.25, 0.3) is 11.4 Å². The van der Waals surface area contributed by atoms with Gasteiger partial charge in [-0.05, 0) is 42.0 Å². The summed E-state index contributed by atoms with van der Waals surface area (Å²) in [6, 6.07) is 9.30. The van der Waals surface area contributed by atoms with Gasteiger partial charge in [0.2, 0.25) is 0 Å². The zero-order chi connectivity index (χ0) is 14.8. The summed E-state index contributed by atoms with van der Waals surface area (Å²) >= 11 is 17.3. The van der Waals surface area contributed by atoms with Crippen LogP contribution >= 0.6 is 35.4 Å². The molecule has 0 aliphatic heterocycles. The van der Waals surface area contributed by atoms with E-state index in [0.29, 0.717) is 21.4 Å². The van der Waals surface area contributed by atoms with Crippen LogP contribution in [0.3, 0.4) is 0 Å². The lowest BCUT2D eigenvalue weighted by Crippen LogP contribution is -2.02. The van der Waals surface area contributed by atoms with Crippen molar-refractivity contribution in [3.05, 3.63) is 63.1 Å². The van der Waals surface area contributed by atoms with Crippen LogP contribution in [0.4, 0.5) is 0 Å². The van der Waals surface area contributed by atoms with E-state index in [9.17, 15) is 0 Å². The number of benzene rings is 1. The van der Waals surface area contributed by atoms with Gasteiger partial charge in [0.25, 0.3) is 0 Å². The van der Waals surface area contributed by atoms with Crippen molar-refractivity contribution >= 4 is 35.4 Å². The molecule has 0 bridgehead atoms. The fourth-order valence-electron chi connectivity index (χ4n) is 2.00. The number of hydrogen-bond acceptors (Lipinski definition) is 3. The highest BCUT2D eigenvalue weighted by atomic mass is 35.5. The Bertz CT molecular complexity index is 826. The van der Waals surface area contributed by atoms with Crippen LogP contribution in [-0.4, -0.2) is 19.7 Å². The third kappa shape index (κ3) is 3.00. The lowest BCUT2D eigenvalue weighted by Gasteiger charge is -2.08. The molecule has 0 fully saturated rings. The minimum atomic E-state index is 0.520. The van der Waals surface area contributed by atoms with E-state index in [1.807, 2.05) is 28.8 Å². The van der Waals surface area contributed by atoms with E-state index >= 15 is 0 Å². The summed E-state index contributed by atoms with van der Waals surface area (Å²) in [6.07, 6.45) is 3.46. The van der Waals surface area contributed by atoms with E-state index in [0.717, 1.165) is 17.0 Å². The average molecular weight is 337 g/mol. The number of aromatic amines is 1. The third-order valence-electron chi connectivity index (χ3n) is 3.00. The van der Waals surface area contributed by atoms with Gasteiger partial charge in [0.1, 0.15) is 0 Å². The number of nitrogens with zero attached hydrogens (tertiary/aromatic N) is 3. The van der Waals surface area contributed by atoms with Crippen LogP contribution in [0.1, 0.15) is 5.56 Å². The summed E-state index contributed by atoms with van der Waals surface area (Å²) in [5, 5.41) is 8.13. The van der Waals surface area contributed by atoms with Gasteiger partial charge >= 0.3 is 0 Å². The van der Waals surface area contributed by atoms with Crippen molar-refractivity contribution in [3.63, 3.8) is 0 Å². The Labute approximate surface area is 136 Å². The van der Waals surface area contributed by atoms with Gasteiger partial charge in [0.05, 0.1) is 16.6 Å². The molecule has 4 nitrogen and oxygen atoms in total. The molecular formula is C14H10Cl2N4S. The molecule has 0 saturated heterocycles. The van der Waals surface area contributed by atoms with Crippen LogP contribution < -0.4 is 0 Å². The molecule has 0 radical (unpaired) electrons. The first-order valence-electron chi connectivity index (χ1n) is 6.14. The predicted molar refractivity (Wildman–Crippen MR) is 86.2 cm³/mol. The van der Waals surface area contributed by atoms with Gasteiger partial charge in [-0.2, -0.15) is 5.10 Å². The fourth-order valence-corrected chi connectivity index (χ4v) is 2.52. The predicted octanol–water partition coefficient (Wildman–Crippen LogP) is 4.36. The zero-order valence-electron chi connectivity index (χ0n) is 10.8. The summed E-state index contributed by atoms with van der Waals surface area (Å²) < 4.78 is 2.44. The van der Waals surface area contributed by atoms with E-state index in [2.05, 4.69) is 15.2 Å². The minimum Gasteiger partial charge on any atom is -0.296 e. The average Bonchev–Trinajstić information content (AvgIpc) is 2.85. The highest BCUT2D eigenvalue weighted by Gasteiger charge is 2.10. The molecule has 1 aromatic carbocycles. The van der Waals surface area contributed by atoms with Gasteiger partial charge in [-0.15, -0.1) is 0 Å². The molecule has 7 heteroatoms. The first-order valence-corrected chi connectivity index (χ1v) is 7.31. The van der Waals surface area contributed by atoms with Crippen LogP contribution in [-0.2, 0) is 6.54 Å². The summed E-state index contributed by atoms with van der Waals surface area (Å²) in [5.74, 6) is 0.735. The topological polar surface area (TPSA) is 46.5 Å². The molecule has 2 aromatic heterocycles. The largest absolute Gasteiger partial charge is 0.296 e. The summed E-state index contributed by atoms with van der Waals surface area (Å²) in [4.78, 5) is 4.10. The van der Waals surface area contributed by atoms with E-state index in [4.69, 9.17) is 35.4 Å². The quantitative estimate of drug-likeness (QED) is 0.723. The fraction of sp³-hybridized carbons (Fsp3) is 0.0714. The number of rotatable bonds is 3. The van der Waals surface area contributed by atoms with Crippen LogP contribution in [0.15, 0.2) is 42.7 Å². The van der Waals surface area contributed by atoms with Gasteiger partial charge in [-0.1, -0.05) is 29.3 Å². The van der Waals surface area contributed by atoms with Crippen LogP contribution in [0.5, 0.6) is 0 Å². The maximum atomic E-state index is 6.05. The van der Waals surface area contributed by atoms with Crippen molar-refractivity contribution in [2.24, 2.45) is 0 Å². The molecule has 21 heavy (non-hydrogen) atoms. The van der Waals surface area contributed by atoms with Crippen molar-refractivity contribution in [3.8, 4) is 11.4 Å². The monoisotopic (exact) mass is 336 g/mol. The Balaban J connectivity index is 2.01. The Morgan fingerprint density at radius 2 is 2.05 bits per heavy atom. The Hall–Kier alpha value is -1.69. The molecule has 2 heterocycles. The molecule has 0 aliphatic rings. The first kappa shape index (κ1) is 14.3. The Kier molecular flexibility index (Phi) is 4.05. The van der Waals surface area contributed by atoms with E-state index < -0.39 is 0 Å². The lowest BCUT2D eigenvalue weighted by molar-refractivity contribution is 0.790. The maximum absolute atomic E-state index is 6.05. The van der Waals surface area contributed by atoms with Gasteiger partial charge in [-0.3, -0.25) is 14.6 Å². The second-order valence-electron chi connectivity index (χ2n) is 4.43. The number of hydrogen-bond donors (Lipinski definition) is 1. The van der Waals surface area contributed by atoms with Gasteiger partial charge in [-0.25, -0.2) is 0 Å². The number of pyridine rings is 1. The lowest BCUT2D eigenvalue weighted by atomic mass is 10.2. The molecule has 0 spiro atoms. The van der Waals surface area contributed by atoms with Gasteiger partial charge < -0.3 is 0 Å². The van der Waals surface area contributed by atoms with Crippen molar-refractivity contribution in [1.82, 2.24) is 19.7 Å². The van der Waals surface area contributed by atoms with Gasteiger partial charge in [0.15, 0.2) is 10.6 Å². The Morgan fingerprint density at radius 3 is 2.76 bits per heavy atom. The number of halogens is 2. The molecule has 0 aliphatic carbocycles. The van der Waals surface area contributed by atoms with E-state index in [1.54, 1.807) is 18.5 Å². The third-order valence-corrected chi connectivity index (χ3v) is 4.05. The standard InChI is InChI=1S/C14H10Cl2N4S/c15-11-4-3-9(6-12(11)16)8-20-13(18-19-14(20)21)10-2-1-5-17-7-10/h1-7H,8H2,(H,19,21). The first-order chi connectivity index (χ1) is 10.1. The molecule has 3 rings (SSSR count). The number of aromatic nitrogens is 4. The maximum Gasteiger partial charge on any atom is 0.195 e. The zero-order valence-corrected chi connectivity index (χ0v) is 13.1. The van der Waals surface area contributed by atoms with E-state index in [-0.39, 0.29) is 0 Å². The van der Waals surface area contributed by atoms with E-state index in [1.165, 1.54) is 0 Å². The van der Waals surface area contributed by atoms with Crippen molar-refractivity contribution in [2.75, 3.05) is 0 Å². The Morgan fingerprint density at radius 1 is 1.19 bits per heavy atom. The molecule has 0 saturated carbocycles. The normalized spacial score (nSPS) is 10.8. The van der Waals surface area contributed by atoms with Crippen molar-refractivity contribution in [1.29, 1.82) is 0 Å². The summed E-state index contributed by atoms with van der Waals surface area (Å²) in [6.45, 7) is 0.552. The highest BCUT2D eigenvalue weighted by molar-refractivity contribution is 7.71. The molecule has 0 amide bonds. The van der Waals surface area contributed by atoms with Crippen LogP contribution in [0, 0.1) is 4.77 Å². The molecule has 106 valence electrons. The molecular weight excluding hydrogens is 327 g/mol. The molecule has 0 atom stereocenters. The second kappa shape index (κ2) is 5.97. The van der Waals surface area contributed by atoms with Crippen molar-refractivity contribution < 1.29 is 0 Å². The van der Waals surface area contributed by atoms with Crippen LogP contribution in [0.2, 0.25) is 10.0 Å². The minimum absolute atomic E-state index is 0.520. The van der Waals surface area contributed by atoms with Crippen molar-refractivity contribution in [2.45, 2.75) is 6.54 Å². The van der Waals surface area contributed by atoms with Gasteiger partial charge in [0, 0.05) is 18.0 Å². The summed E-state index contributed by atoms with van der Waals surface area (Å²) in [5.41, 5.74) is 1.89. The SMILES string of the molecule is S=c1[nH]nc(-c2cccnc2)n1Cc1ccc(Cl)c(Cl)c1. The number of H-pyrrole nitrogens is 1. The number of nitrogens with one attached hydrogen (secondary N) is 1. The molecule has 3 aromatic rings. The highest BCUT2D eigenvalue weighted by Crippen LogP contribution is 2.24. The summed E-state index contributed by atoms with van der Waals surface area (Å²) in [7, 11) is 0. The second-order valence-corrected chi connectivity index (χ2v) is 5.63. The molecule has 0 unspecified atom stereocenters. The molecule has 1 N–H and O–H groups in total. The smallest absolute Gasteiger partial charge is 0.195 e.